The predicted molar refractivity (Wildman–Crippen MR) is 104 cm³/mol. The molecule has 0 radical (unpaired) electrons. The highest BCUT2D eigenvalue weighted by Crippen LogP contribution is 2.51. The van der Waals surface area contributed by atoms with Gasteiger partial charge in [0.1, 0.15) is 5.54 Å². The normalized spacial score (nSPS) is 23.8. The molecule has 2 unspecified atom stereocenters. The van der Waals surface area contributed by atoms with Crippen molar-refractivity contribution in [3.63, 3.8) is 0 Å². The number of fused-ring (bicyclic) bond motifs is 1. The van der Waals surface area contributed by atoms with Gasteiger partial charge < -0.3 is 20.1 Å². The number of nitrogens with one attached hydrogen (secondary N) is 2. The molecule has 0 saturated heterocycles. The zero-order valence-corrected chi connectivity index (χ0v) is 16.4. The van der Waals surface area contributed by atoms with Gasteiger partial charge in [-0.25, -0.2) is 4.79 Å². The van der Waals surface area contributed by atoms with Crippen LogP contribution in [-0.2, 0) is 27.2 Å². The number of ether oxygens (including phenoxy) is 1. The molecule has 27 heavy (non-hydrogen) atoms. The molecule has 1 amide bonds. The van der Waals surface area contributed by atoms with E-state index < -0.39 is 16.9 Å². The number of hydrogen-bond acceptors (Lipinski definition) is 3. The van der Waals surface area contributed by atoms with Crippen LogP contribution in [-0.4, -0.2) is 40.2 Å². The fraction of sp³-hybridized carbons (Fsp3) is 0.524. The van der Waals surface area contributed by atoms with Gasteiger partial charge in [0.25, 0.3) is 0 Å². The quantitative estimate of drug-likeness (QED) is 0.697. The topological polar surface area (TPSA) is 91.4 Å². The Labute approximate surface area is 159 Å². The summed E-state index contributed by atoms with van der Waals surface area (Å²) in [6.07, 6.45) is 2.98. The Bertz CT molecular complexity index is 870. The van der Waals surface area contributed by atoms with Gasteiger partial charge in [0, 0.05) is 35.5 Å². The first-order chi connectivity index (χ1) is 12.8. The number of rotatable bonds is 7. The standard InChI is InChI=1S/C21H28N2O4/c1-5-13-8-7-9-15-14(12-22-18(13)15)10-17(24)23-21(19(25)26)11-16(27-6-2)20(21,3)4/h7-9,12,16,22H,5-6,10-11H2,1-4H3,(H,23,24)(H,25,26). The van der Waals surface area contributed by atoms with Crippen molar-refractivity contribution < 1.29 is 19.4 Å². The number of aromatic amines is 1. The molecule has 0 bridgehead atoms. The van der Waals surface area contributed by atoms with Crippen molar-refractivity contribution >= 4 is 22.8 Å². The molecule has 1 fully saturated rings. The van der Waals surface area contributed by atoms with Crippen molar-refractivity contribution in [2.75, 3.05) is 6.61 Å². The van der Waals surface area contributed by atoms with Crippen LogP contribution in [0.25, 0.3) is 10.9 Å². The average Bonchev–Trinajstić information content (AvgIpc) is 3.03. The Hall–Kier alpha value is -2.34. The van der Waals surface area contributed by atoms with E-state index in [1.54, 1.807) is 0 Å². The van der Waals surface area contributed by atoms with E-state index in [1.807, 2.05) is 39.1 Å². The third-order valence-corrected chi connectivity index (χ3v) is 6.10. The van der Waals surface area contributed by atoms with Crippen molar-refractivity contribution in [2.45, 2.75) is 58.6 Å². The number of carbonyl (C=O) groups is 2. The summed E-state index contributed by atoms with van der Waals surface area (Å²) in [6, 6.07) is 6.03. The van der Waals surface area contributed by atoms with Crippen molar-refractivity contribution in [1.29, 1.82) is 0 Å². The predicted octanol–water partition coefficient (Wildman–Crippen LogP) is 3.05. The second-order valence-corrected chi connectivity index (χ2v) is 7.81. The monoisotopic (exact) mass is 372 g/mol. The van der Waals surface area contributed by atoms with E-state index in [0.29, 0.717) is 6.61 Å². The number of aromatic nitrogens is 1. The van der Waals surface area contributed by atoms with Gasteiger partial charge in [-0.15, -0.1) is 0 Å². The number of para-hydroxylation sites is 1. The lowest BCUT2D eigenvalue weighted by atomic mass is 9.54. The molecule has 0 aliphatic heterocycles. The average molecular weight is 372 g/mol. The third-order valence-electron chi connectivity index (χ3n) is 6.10. The molecule has 3 rings (SSSR count). The fourth-order valence-corrected chi connectivity index (χ4v) is 4.21. The molecule has 1 aromatic heterocycles. The number of benzene rings is 1. The summed E-state index contributed by atoms with van der Waals surface area (Å²) in [5.74, 6) is -1.30. The minimum atomic E-state index is -1.30. The summed E-state index contributed by atoms with van der Waals surface area (Å²) in [5, 5.41) is 13.7. The van der Waals surface area contributed by atoms with E-state index in [-0.39, 0.29) is 24.9 Å². The SMILES string of the molecule is CCOC1CC(NC(=O)Cc2c[nH]c3c(CC)cccc23)(C(=O)O)C1(C)C. The van der Waals surface area contributed by atoms with E-state index in [4.69, 9.17) is 4.74 Å². The molecular formula is C21H28N2O4. The summed E-state index contributed by atoms with van der Waals surface area (Å²) in [5.41, 5.74) is 1.12. The summed E-state index contributed by atoms with van der Waals surface area (Å²) in [4.78, 5) is 28.0. The maximum atomic E-state index is 12.7. The van der Waals surface area contributed by atoms with Crippen LogP contribution in [0.3, 0.4) is 0 Å². The van der Waals surface area contributed by atoms with Gasteiger partial charge in [0.2, 0.25) is 5.91 Å². The van der Waals surface area contributed by atoms with Crippen LogP contribution in [0.4, 0.5) is 0 Å². The highest BCUT2D eigenvalue weighted by Gasteiger charge is 2.66. The number of carboxylic acid groups (broad SMARTS) is 1. The number of amides is 1. The molecule has 6 nitrogen and oxygen atoms in total. The zero-order chi connectivity index (χ0) is 19.8. The molecule has 0 spiro atoms. The van der Waals surface area contributed by atoms with Gasteiger partial charge in [-0.05, 0) is 24.5 Å². The number of hydrogen-bond donors (Lipinski definition) is 3. The number of aliphatic carboxylic acids is 1. The van der Waals surface area contributed by atoms with Gasteiger partial charge in [-0.2, -0.15) is 0 Å². The Kier molecular flexibility index (Phi) is 5.04. The van der Waals surface area contributed by atoms with Gasteiger partial charge in [-0.1, -0.05) is 39.0 Å². The zero-order valence-electron chi connectivity index (χ0n) is 16.4. The van der Waals surface area contributed by atoms with Crippen LogP contribution < -0.4 is 5.32 Å². The fourth-order valence-electron chi connectivity index (χ4n) is 4.21. The maximum Gasteiger partial charge on any atom is 0.330 e. The van der Waals surface area contributed by atoms with E-state index in [2.05, 4.69) is 23.3 Å². The lowest BCUT2D eigenvalue weighted by molar-refractivity contribution is -0.194. The molecule has 6 heteroatoms. The molecular weight excluding hydrogens is 344 g/mol. The van der Waals surface area contributed by atoms with Crippen LogP contribution in [0.15, 0.2) is 24.4 Å². The highest BCUT2D eigenvalue weighted by atomic mass is 16.5. The summed E-state index contributed by atoms with van der Waals surface area (Å²) < 4.78 is 5.65. The number of H-pyrrole nitrogens is 1. The molecule has 1 saturated carbocycles. The van der Waals surface area contributed by atoms with E-state index >= 15 is 0 Å². The molecule has 2 aromatic rings. The Morgan fingerprint density at radius 3 is 2.63 bits per heavy atom. The summed E-state index contributed by atoms with van der Waals surface area (Å²) >= 11 is 0. The van der Waals surface area contributed by atoms with Crippen molar-refractivity contribution in [3.8, 4) is 0 Å². The van der Waals surface area contributed by atoms with Crippen molar-refractivity contribution in [3.05, 3.63) is 35.5 Å². The molecule has 3 N–H and O–H groups in total. The van der Waals surface area contributed by atoms with Crippen LogP contribution >= 0.6 is 0 Å². The van der Waals surface area contributed by atoms with Crippen molar-refractivity contribution in [1.82, 2.24) is 10.3 Å². The number of carbonyl (C=O) groups excluding carboxylic acids is 1. The minimum absolute atomic E-state index is 0.136. The second kappa shape index (κ2) is 7.00. The first kappa shape index (κ1) is 19.4. The molecule has 1 aliphatic rings. The maximum absolute atomic E-state index is 12.7. The summed E-state index contributed by atoms with van der Waals surface area (Å²) in [6.45, 7) is 8.17. The smallest absolute Gasteiger partial charge is 0.330 e. The molecule has 2 atom stereocenters. The van der Waals surface area contributed by atoms with E-state index in [9.17, 15) is 14.7 Å². The van der Waals surface area contributed by atoms with Crippen LogP contribution in [0.1, 0.15) is 45.2 Å². The Morgan fingerprint density at radius 2 is 2.04 bits per heavy atom. The highest BCUT2D eigenvalue weighted by molar-refractivity contribution is 5.93. The lowest BCUT2D eigenvalue weighted by Gasteiger charge is -2.58. The largest absolute Gasteiger partial charge is 0.479 e. The van der Waals surface area contributed by atoms with Crippen molar-refractivity contribution in [2.24, 2.45) is 5.41 Å². The van der Waals surface area contributed by atoms with Gasteiger partial charge in [-0.3, -0.25) is 4.79 Å². The Morgan fingerprint density at radius 1 is 1.30 bits per heavy atom. The molecule has 1 aliphatic carbocycles. The summed E-state index contributed by atoms with van der Waals surface area (Å²) in [7, 11) is 0. The number of carboxylic acids is 1. The third kappa shape index (κ3) is 3.02. The van der Waals surface area contributed by atoms with Gasteiger partial charge in [0.15, 0.2) is 0 Å². The van der Waals surface area contributed by atoms with Crippen LogP contribution in [0.5, 0.6) is 0 Å². The van der Waals surface area contributed by atoms with Gasteiger partial charge >= 0.3 is 5.97 Å². The lowest BCUT2D eigenvalue weighted by Crippen LogP contribution is -2.76. The van der Waals surface area contributed by atoms with E-state index in [0.717, 1.165) is 22.9 Å². The first-order valence-corrected chi connectivity index (χ1v) is 9.50. The number of aryl methyl sites for hydroxylation is 1. The van der Waals surface area contributed by atoms with Gasteiger partial charge in [0.05, 0.1) is 12.5 Å². The van der Waals surface area contributed by atoms with Crippen LogP contribution in [0.2, 0.25) is 0 Å². The van der Waals surface area contributed by atoms with Crippen LogP contribution in [0, 0.1) is 5.41 Å². The molecule has 1 heterocycles. The first-order valence-electron chi connectivity index (χ1n) is 9.50. The minimum Gasteiger partial charge on any atom is -0.479 e. The molecule has 146 valence electrons. The molecule has 1 aromatic carbocycles. The Balaban J connectivity index is 1.80. The second-order valence-electron chi connectivity index (χ2n) is 7.81. The van der Waals surface area contributed by atoms with E-state index in [1.165, 1.54) is 5.56 Å².